The molecule has 24 heavy (non-hydrogen) atoms. The van der Waals surface area contributed by atoms with E-state index >= 15 is 0 Å². The van der Waals surface area contributed by atoms with Gasteiger partial charge < -0.3 is 19.9 Å². The zero-order valence-corrected chi connectivity index (χ0v) is 13.3. The largest absolute Gasteiger partial charge is 0.490 e. The minimum absolute atomic E-state index is 0.526. The molecule has 0 fully saturated rings. The summed E-state index contributed by atoms with van der Waals surface area (Å²) in [6.45, 7) is 4.05. The Balaban J connectivity index is 2.79. The van der Waals surface area contributed by atoms with Crippen LogP contribution in [0.5, 0.6) is 5.75 Å². The molecular formula is C15H18F3NO5. The van der Waals surface area contributed by atoms with Crippen molar-refractivity contribution in [2.45, 2.75) is 38.6 Å². The van der Waals surface area contributed by atoms with Crippen LogP contribution in [-0.4, -0.2) is 35.4 Å². The summed E-state index contributed by atoms with van der Waals surface area (Å²) in [6.07, 6.45) is -5.66. The lowest BCUT2D eigenvalue weighted by molar-refractivity contribution is -0.140. The smallest absolute Gasteiger partial charge is 0.419 e. The van der Waals surface area contributed by atoms with Crippen LogP contribution in [0.2, 0.25) is 0 Å². The zero-order chi connectivity index (χ0) is 18.5. The fourth-order valence-electron chi connectivity index (χ4n) is 1.62. The quantitative estimate of drug-likeness (QED) is 0.853. The number of carbonyl (C=O) groups excluding carboxylic acids is 1. The number of carboxylic acids is 1. The topological polar surface area (TPSA) is 84.9 Å². The Kier molecular flexibility index (Phi) is 6.05. The summed E-state index contributed by atoms with van der Waals surface area (Å²) in [4.78, 5) is 22.7. The Labute approximate surface area is 136 Å². The van der Waals surface area contributed by atoms with Crippen LogP contribution in [0.4, 0.5) is 18.0 Å². The van der Waals surface area contributed by atoms with Gasteiger partial charge in [0.15, 0.2) is 6.04 Å². The number of hydrogen-bond donors (Lipinski definition) is 2. The lowest BCUT2D eigenvalue weighted by Gasteiger charge is -2.22. The van der Waals surface area contributed by atoms with Crippen molar-refractivity contribution < 1.29 is 37.3 Å². The second-order valence-electron chi connectivity index (χ2n) is 5.84. The SMILES string of the molecule is CC(C)(C)OC(=O)N[C@H](COc1ccccc1C(F)(F)F)C(=O)O. The predicted octanol–water partition coefficient (Wildman–Crippen LogP) is 3.06. The molecule has 0 aliphatic heterocycles. The molecule has 0 bridgehead atoms. The second kappa shape index (κ2) is 7.41. The van der Waals surface area contributed by atoms with Crippen molar-refractivity contribution in [3.63, 3.8) is 0 Å². The number of halogens is 3. The summed E-state index contributed by atoms with van der Waals surface area (Å²) in [6, 6.07) is 2.81. The highest BCUT2D eigenvalue weighted by Crippen LogP contribution is 2.35. The van der Waals surface area contributed by atoms with Crippen LogP contribution in [0.3, 0.4) is 0 Å². The first-order chi connectivity index (χ1) is 10.9. The average Bonchev–Trinajstić information content (AvgIpc) is 2.40. The van der Waals surface area contributed by atoms with Gasteiger partial charge in [-0.05, 0) is 32.9 Å². The maximum atomic E-state index is 12.8. The van der Waals surface area contributed by atoms with Gasteiger partial charge in [-0.3, -0.25) is 0 Å². The molecule has 134 valence electrons. The van der Waals surface area contributed by atoms with E-state index in [0.717, 1.165) is 12.1 Å². The highest BCUT2D eigenvalue weighted by atomic mass is 19.4. The van der Waals surface area contributed by atoms with Gasteiger partial charge in [-0.15, -0.1) is 0 Å². The molecule has 0 saturated carbocycles. The number of nitrogens with one attached hydrogen (secondary N) is 1. The van der Waals surface area contributed by atoms with Gasteiger partial charge in [0.2, 0.25) is 0 Å². The molecule has 1 amide bonds. The van der Waals surface area contributed by atoms with E-state index in [1.165, 1.54) is 12.1 Å². The molecule has 0 saturated heterocycles. The molecule has 1 rings (SSSR count). The lowest BCUT2D eigenvalue weighted by Crippen LogP contribution is -2.46. The van der Waals surface area contributed by atoms with Crippen molar-refractivity contribution in [3.8, 4) is 5.75 Å². The van der Waals surface area contributed by atoms with E-state index in [1.807, 2.05) is 5.32 Å². The molecule has 0 heterocycles. The van der Waals surface area contributed by atoms with Crippen LogP contribution in [0.25, 0.3) is 0 Å². The van der Waals surface area contributed by atoms with Gasteiger partial charge in [0.05, 0.1) is 5.56 Å². The standard InChI is InChI=1S/C15H18F3NO5/c1-14(2,3)24-13(22)19-10(12(20)21)8-23-11-7-5-4-6-9(11)15(16,17)18/h4-7,10H,8H2,1-3H3,(H,19,22)(H,20,21)/t10-/m1/s1. The molecule has 9 heteroatoms. The van der Waals surface area contributed by atoms with Gasteiger partial charge in [-0.2, -0.15) is 13.2 Å². The molecule has 0 aliphatic rings. The molecule has 0 unspecified atom stereocenters. The van der Waals surface area contributed by atoms with E-state index < -0.39 is 47.8 Å². The number of carboxylic acid groups (broad SMARTS) is 1. The number of amides is 1. The number of carbonyl (C=O) groups is 2. The Morgan fingerprint density at radius 3 is 2.29 bits per heavy atom. The van der Waals surface area contributed by atoms with Crippen molar-refractivity contribution in [1.82, 2.24) is 5.32 Å². The van der Waals surface area contributed by atoms with Crippen molar-refractivity contribution in [2.24, 2.45) is 0 Å². The summed E-state index contributed by atoms with van der Waals surface area (Å²) in [5, 5.41) is 11.1. The van der Waals surface area contributed by atoms with Crippen LogP contribution >= 0.6 is 0 Å². The molecule has 2 N–H and O–H groups in total. The molecule has 0 aromatic heterocycles. The van der Waals surface area contributed by atoms with Crippen LogP contribution in [0.1, 0.15) is 26.3 Å². The van der Waals surface area contributed by atoms with E-state index in [0.29, 0.717) is 0 Å². The number of para-hydroxylation sites is 1. The van der Waals surface area contributed by atoms with E-state index in [4.69, 9.17) is 14.6 Å². The first-order valence-corrected chi connectivity index (χ1v) is 6.91. The van der Waals surface area contributed by atoms with Gasteiger partial charge in [-0.25, -0.2) is 9.59 Å². The Bertz CT molecular complexity index is 596. The molecular weight excluding hydrogens is 331 g/mol. The van der Waals surface area contributed by atoms with Gasteiger partial charge >= 0.3 is 18.2 Å². The highest BCUT2D eigenvalue weighted by Gasteiger charge is 2.34. The molecule has 1 atom stereocenters. The van der Waals surface area contributed by atoms with Crippen LogP contribution in [0, 0.1) is 0 Å². The van der Waals surface area contributed by atoms with Crippen molar-refractivity contribution in [2.75, 3.05) is 6.61 Å². The van der Waals surface area contributed by atoms with Gasteiger partial charge in [0, 0.05) is 0 Å². The molecule has 1 aromatic rings. The van der Waals surface area contributed by atoms with Gasteiger partial charge in [0.1, 0.15) is 18.0 Å². The number of ether oxygens (including phenoxy) is 2. The fraction of sp³-hybridized carbons (Fsp3) is 0.467. The van der Waals surface area contributed by atoms with E-state index in [-0.39, 0.29) is 0 Å². The third-order valence-corrected chi connectivity index (χ3v) is 2.59. The number of benzene rings is 1. The summed E-state index contributed by atoms with van der Waals surface area (Å²) in [5.74, 6) is -1.99. The summed E-state index contributed by atoms with van der Waals surface area (Å²) < 4.78 is 48.4. The van der Waals surface area contributed by atoms with E-state index in [2.05, 4.69) is 0 Å². The first kappa shape index (κ1) is 19.6. The van der Waals surface area contributed by atoms with Gasteiger partial charge in [-0.1, -0.05) is 12.1 Å². The van der Waals surface area contributed by atoms with Crippen LogP contribution < -0.4 is 10.1 Å². The van der Waals surface area contributed by atoms with Crippen LogP contribution in [-0.2, 0) is 15.7 Å². The Morgan fingerprint density at radius 2 is 1.79 bits per heavy atom. The van der Waals surface area contributed by atoms with Crippen molar-refractivity contribution in [3.05, 3.63) is 29.8 Å². The molecule has 0 spiro atoms. The number of rotatable bonds is 5. The molecule has 0 radical (unpaired) electrons. The third kappa shape index (κ3) is 6.35. The normalized spacial score (nSPS) is 13.1. The molecule has 6 nitrogen and oxygen atoms in total. The number of hydrogen-bond acceptors (Lipinski definition) is 4. The zero-order valence-electron chi connectivity index (χ0n) is 13.3. The minimum atomic E-state index is -4.64. The maximum Gasteiger partial charge on any atom is 0.419 e. The summed E-state index contributed by atoms with van der Waals surface area (Å²) >= 11 is 0. The number of aliphatic carboxylic acids is 1. The summed E-state index contributed by atoms with van der Waals surface area (Å²) in [7, 11) is 0. The summed E-state index contributed by atoms with van der Waals surface area (Å²) in [5.41, 5.74) is -1.89. The number of alkyl carbamates (subject to hydrolysis) is 1. The average molecular weight is 349 g/mol. The predicted molar refractivity (Wildman–Crippen MR) is 77.7 cm³/mol. The fourth-order valence-corrected chi connectivity index (χ4v) is 1.62. The Morgan fingerprint density at radius 1 is 1.21 bits per heavy atom. The van der Waals surface area contributed by atoms with Crippen LogP contribution in [0.15, 0.2) is 24.3 Å². The monoisotopic (exact) mass is 349 g/mol. The second-order valence-corrected chi connectivity index (χ2v) is 5.84. The minimum Gasteiger partial charge on any atom is -0.490 e. The van der Waals surface area contributed by atoms with E-state index in [1.54, 1.807) is 20.8 Å². The number of alkyl halides is 3. The van der Waals surface area contributed by atoms with Gasteiger partial charge in [0.25, 0.3) is 0 Å². The third-order valence-electron chi connectivity index (χ3n) is 2.59. The van der Waals surface area contributed by atoms with Crippen molar-refractivity contribution >= 4 is 12.1 Å². The lowest BCUT2D eigenvalue weighted by atomic mass is 10.2. The first-order valence-electron chi connectivity index (χ1n) is 6.91. The highest BCUT2D eigenvalue weighted by molar-refractivity contribution is 5.80. The Hall–Kier alpha value is -2.45. The molecule has 1 aromatic carbocycles. The van der Waals surface area contributed by atoms with Crippen molar-refractivity contribution in [1.29, 1.82) is 0 Å². The maximum absolute atomic E-state index is 12.8. The van der Waals surface area contributed by atoms with E-state index in [9.17, 15) is 22.8 Å². The molecule has 0 aliphatic carbocycles.